The molecule has 0 radical (unpaired) electrons. The fourth-order valence-electron chi connectivity index (χ4n) is 1.71. The Morgan fingerprint density at radius 3 is 2.53 bits per heavy atom. The molecular weight excluding hydrogens is 257 g/mol. The highest BCUT2D eigenvalue weighted by molar-refractivity contribution is 6.30. The molecule has 0 bridgehead atoms. The minimum atomic E-state index is 0.00909. The van der Waals surface area contributed by atoms with Crippen molar-refractivity contribution < 1.29 is 4.79 Å². The van der Waals surface area contributed by atoms with Crippen molar-refractivity contribution in [3.63, 3.8) is 0 Å². The van der Waals surface area contributed by atoms with Gasteiger partial charge < -0.3 is 4.90 Å². The maximum Gasteiger partial charge on any atom is 0.254 e. The first-order valence-electron chi connectivity index (χ1n) is 5.60. The maximum atomic E-state index is 12.3. The minimum absolute atomic E-state index is 0.00909. The first-order chi connectivity index (χ1) is 7.97. The molecule has 0 aliphatic carbocycles. The highest BCUT2D eigenvalue weighted by atomic mass is 35.5. The molecule has 0 saturated carbocycles. The zero-order valence-electron chi connectivity index (χ0n) is 10.3. The molecule has 1 aromatic rings. The topological polar surface area (TPSA) is 20.3 Å². The van der Waals surface area contributed by atoms with E-state index >= 15 is 0 Å². The van der Waals surface area contributed by atoms with Gasteiger partial charge >= 0.3 is 0 Å². The van der Waals surface area contributed by atoms with Gasteiger partial charge in [-0.3, -0.25) is 4.79 Å². The van der Waals surface area contributed by atoms with E-state index in [-0.39, 0.29) is 11.9 Å². The molecule has 0 fully saturated rings. The summed E-state index contributed by atoms with van der Waals surface area (Å²) in [6.07, 6.45) is 0. The number of rotatable bonds is 4. The second-order valence-corrected chi connectivity index (χ2v) is 5.05. The smallest absolute Gasteiger partial charge is 0.254 e. The Morgan fingerprint density at radius 2 is 2.06 bits per heavy atom. The van der Waals surface area contributed by atoms with Crippen molar-refractivity contribution in [1.82, 2.24) is 4.90 Å². The second kappa shape index (κ2) is 6.27. The average molecular weight is 274 g/mol. The van der Waals surface area contributed by atoms with Crippen molar-refractivity contribution in [2.75, 3.05) is 12.4 Å². The molecule has 0 N–H and O–H groups in total. The van der Waals surface area contributed by atoms with Gasteiger partial charge in [0.05, 0.1) is 0 Å². The third-order valence-corrected chi connectivity index (χ3v) is 3.03. The summed E-state index contributed by atoms with van der Waals surface area (Å²) in [7, 11) is 0. The summed E-state index contributed by atoms with van der Waals surface area (Å²) in [6, 6.07) is 5.44. The molecular formula is C13H17Cl2NO. The zero-order valence-corrected chi connectivity index (χ0v) is 11.8. The Labute approximate surface area is 113 Å². The van der Waals surface area contributed by atoms with Gasteiger partial charge in [0.1, 0.15) is 0 Å². The van der Waals surface area contributed by atoms with E-state index in [1.807, 2.05) is 20.8 Å². The molecule has 0 atom stereocenters. The summed E-state index contributed by atoms with van der Waals surface area (Å²) < 4.78 is 0. The lowest BCUT2D eigenvalue weighted by Crippen LogP contribution is -2.38. The molecule has 1 rings (SSSR count). The van der Waals surface area contributed by atoms with Gasteiger partial charge in [-0.2, -0.15) is 0 Å². The summed E-state index contributed by atoms with van der Waals surface area (Å²) in [5.41, 5.74) is 1.58. The van der Waals surface area contributed by atoms with Crippen molar-refractivity contribution in [2.24, 2.45) is 0 Å². The maximum absolute atomic E-state index is 12.3. The largest absolute Gasteiger partial charge is 0.335 e. The zero-order chi connectivity index (χ0) is 13.0. The number of hydrogen-bond acceptors (Lipinski definition) is 1. The molecule has 0 saturated heterocycles. The number of benzene rings is 1. The number of amides is 1. The van der Waals surface area contributed by atoms with Crippen molar-refractivity contribution >= 4 is 29.1 Å². The van der Waals surface area contributed by atoms with Crippen LogP contribution in [0, 0.1) is 6.92 Å². The van der Waals surface area contributed by atoms with Crippen LogP contribution in [0.2, 0.25) is 5.02 Å². The molecule has 2 nitrogen and oxygen atoms in total. The van der Waals surface area contributed by atoms with Crippen LogP contribution in [0.4, 0.5) is 0 Å². The Balaban J connectivity index is 3.01. The molecule has 17 heavy (non-hydrogen) atoms. The summed E-state index contributed by atoms with van der Waals surface area (Å²) in [5, 5.41) is 0.646. The van der Waals surface area contributed by atoms with Gasteiger partial charge in [0.2, 0.25) is 0 Å². The van der Waals surface area contributed by atoms with Crippen LogP contribution in [0.3, 0.4) is 0 Å². The fraction of sp³-hybridized carbons (Fsp3) is 0.462. The van der Waals surface area contributed by atoms with Crippen molar-refractivity contribution in [1.29, 1.82) is 0 Å². The van der Waals surface area contributed by atoms with Crippen LogP contribution in [-0.2, 0) is 0 Å². The van der Waals surface area contributed by atoms with E-state index in [0.29, 0.717) is 23.0 Å². The van der Waals surface area contributed by atoms with E-state index in [2.05, 4.69) is 0 Å². The number of alkyl halides is 1. The third-order valence-electron chi connectivity index (χ3n) is 2.63. The van der Waals surface area contributed by atoms with Crippen LogP contribution in [0.25, 0.3) is 0 Å². The standard InChI is InChI=1S/C13H17Cl2NO/c1-9(2)16(7-6-14)13(17)12-5-4-11(15)8-10(12)3/h4-5,8-9H,6-7H2,1-3H3. The lowest BCUT2D eigenvalue weighted by Gasteiger charge is -2.26. The van der Waals surface area contributed by atoms with E-state index in [1.165, 1.54) is 0 Å². The van der Waals surface area contributed by atoms with Crippen LogP contribution >= 0.6 is 23.2 Å². The Kier molecular flexibility index (Phi) is 5.29. The van der Waals surface area contributed by atoms with Gasteiger partial charge in [-0.1, -0.05) is 11.6 Å². The van der Waals surface area contributed by atoms with Crippen molar-refractivity contribution in [2.45, 2.75) is 26.8 Å². The van der Waals surface area contributed by atoms with E-state index in [1.54, 1.807) is 23.1 Å². The average Bonchev–Trinajstić information content (AvgIpc) is 2.24. The minimum Gasteiger partial charge on any atom is -0.335 e. The van der Waals surface area contributed by atoms with Crippen molar-refractivity contribution in [3.8, 4) is 0 Å². The predicted molar refractivity (Wildman–Crippen MR) is 73.1 cm³/mol. The first kappa shape index (κ1) is 14.3. The molecule has 0 aliphatic heterocycles. The third kappa shape index (κ3) is 3.62. The second-order valence-electron chi connectivity index (χ2n) is 4.24. The van der Waals surface area contributed by atoms with E-state index in [4.69, 9.17) is 23.2 Å². The molecule has 0 aliphatic rings. The first-order valence-corrected chi connectivity index (χ1v) is 6.51. The normalized spacial score (nSPS) is 10.7. The van der Waals surface area contributed by atoms with Gasteiger partial charge in [0.25, 0.3) is 5.91 Å². The highest BCUT2D eigenvalue weighted by Crippen LogP contribution is 2.18. The van der Waals surface area contributed by atoms with Gasteiger partial charge in [-0.25, -0.2) is 0 Å². The van der Waals surface area contributed by atoms with Gasteiger partial charge in [-0.05, 0) is 44.5 Å². The van der Waals surface area contributed by atoms with E-state index < -0.39 is 0 Å². The summed E-state index contributed by atoms with van der Waals surface area (Å²) in [5.74, 6) is 0.450. The van der Waals surface area contributed by atoms with Crippen LogP contribution in [0.15, 0.2) is 18.2 Å². The number of aryl methyl sites for hydroxylation is 1. The SMILES string of the molecule is Cc1cc(Cl)ccc1C(=O)N(CCCl)C(C)C. The molecule has 1 amide bonds. The summed E-state index contributed by atoms with van der Waals surface area (Å²) in [4.78, 5) is 14.1. The quantitative estimate of drug-likeness (QED) is 0.766. The van der Waals surface area contributed by atoms with Crippen LogP contribution < -0.4 is 0 Å². The lowest BCUT2D eigenvalue weighted by atomic mass is 10.1. The molecule has 0 aromatic heterocycles. The van der Waals surface area contributed by atoms with Gasteiger partial charge in [0.15, 0.2) is 0 Å². The monoisotopic (exact) mass is 273 g/mol. The Morgan fingerprint density at radius 1 is 1.41 bits per heavy atom. The van der Waals surface area contributed by atoms with E-state index in [9.17, 15) is 4.79 Å². The molecule has 94 valence electrons. The number of halogens is 2. The summed E-state index contributed by atoms with van der Waals surface area (Å²) in [6.45, 7) is 6.41. The highest BCUT2D eigenvalue weighted by Gasteiger charge is 2.19. The van der Waals surface area contributed by atoms with Crippen LogP contribution in [-0.4, -0.2) is 29.3 Å². The predicted octanol–water partition coefficient (Wildman–Crippen LogP) is 3.74. The molecule has 0 heterocycles. The van der Waals surface area contributed by atoms with Crippen molar-refractivity contribution in [3.05, 3.63) is 34.3 Å². The number of carbonyl (C=O) groups excluding carboxylic acids is 1. The number of hydrogen-bond donors (Lipinski definition) is 0. The van der Waals surface area contributed by atoms with E-state index in [0.717, 1.165) is 5.56 Å². The fourth-order valence-corrected chi connectivity index (χ4v) is 2.12. The van der Waals surface area contributed by atoms with Gasteiger partial charge in [-0.15, -0.1) is 11.6 Å². The van der Waals surface area contributed by atoms with Crippen LogP contribution in [0.5, 0.6) is 0 Å². The number of carbonyl (C=O) groups is 1. The number of nitrogens with zero attached hydrogens (tertiary/aromatic N) is 1. The summed E-state index contributed by atoms with van der Waals surface area (Å²) >= 11 is 11.6. The lowest BCUT2D eigenvalue weighted by molar-refractivity contribution is 0.0717. The molecule has 0 spiro atoms. The van der Waals surface area contributed by atoms with Gasteiger partial charge in [0, 0.05) is 29.1 Å². The Hall–Kier alpha value is -0.730. The molecule has 4 heteroatoms. The Bertz CT molecular complexity index is 404. The molecule has 0 unspecified atom stereocenters. The van der Waals surface area contributed by atoms with Crippen LogP contribution in [0.1, 0.15) is 29.8 Å². The molecule has 1 aromatic carbocycles.